The third kappa shape index (κ3) is 4.53. The van der Waals surface area contributed by atoms with Crippen molar-refractivity contribution in [3.8, 4) is 0 Å². The number of nitrogens with one attached hydrogen (secondary N) is 2. The second-order valence-corrected chi connectivity index (χ2v) is 6.55. The second-order valence-electron chi connectivity index (χ2n) is 5.52. The second kappa shape index (κ2) is 7.35. The fraction of sp³-hybridized carbons (Fsp3) is 0.438. The standard InChI is InChI=1S/C16H21N3O2S/c1-4-5-14(20)19-16-18-12-7-6-11(8-13(12)22-16)9-15(21)17-10(2)3/h6-8,10H,4-5,9H2,1-3H3,(H,17,21)(H,18,19,20). The number of thiazole rings is 1. The number of hydrogen-bond donors (Lipinski definition) is 2. The summed E-state index contributed by atoms with van der Waals surface area (Å²) in [6.07, 6.45) is 1.66. The molecule has 0 saturated heterocycles. The van der Waals surface area contributed by atoms with Gasteiger partial charge in [0.15, 0.2) is 5.13 Å². The van der Waals surface area contributed by atoms with Gasteiger partial charge in [0.1, 0.15) is 0 Å². The summed E-state index contributed by atoms with van der Waals surface area (Å²) in [7, 11) is 0. The third-order valence-corrected chi connectivity index (χ3v) is 3.92. The predicted octanol–water partition coefficient (Wildman–Crippen LogP) is 3.10. The monoisotopic (exact) mass is 319 g/mol. The molecule has 0 spiro atoms. The van der Waals surface area contributed by atoms with E-state index < -0.39 is 0 Å². The van der Waals surface area contributed by atoms with Gasteiger partial charge in [-0.3, -0.25) is 9.59 Å². The lowest BCUT2D eigenvalue weighted by molar-refractivity contribution is -0.121. The molecule has 5 nitrogen and oxygen atoms in total. The van der Waals surface area contributed by atoms with Crippen molar-refractivity contribution in [2.45, 2.75) is 46.1 Å². The van der Waals surface area contributed by atoms with Crippen LogP contribution in [0.4, 0.5) is 5.13 Å². The van der Waals surface area contributed by atoms with Gasteiger partial charge < -0.3 is 10.6 Å². The Morgan fingerprint density at radius 2 is 2.05 bits per heavy atom. The van der Waals surface area contributed by atoms with E-state index in [0.29, 0.717) is 18.0 Å². The number of amides is 2. The topological polar surface area (TPSA) is 71.1 Å². The summed E-state index contributed by atoms with van der Waals surface area (Å²) in [5.41, 5.74) is 1.78. The van der Waals surface area contributed by atoms with Crippen molar-refractivity contribution in [1.29, 1.82) is 0 Å². The lowest BCUT2D eigenvalue weighted by Gasteiger charge is -2.07. The Kier molecular flexibility index (Phi) is 5.49. The quantitative estimate of drug-likeness (QED) is 0.859. The van der Waals surface area contributed by atoms with Crippen molar-refractivity contribution in [3.05, 3.63) is 23.8 Å². The number of carbonyl (C=O) groups excluding carboxylic acids is 2. The summed E-state index contributed by atoms with van der Waals surface area (Å²) in [5, 5.41) is 6.29. The first kappa shape index (κ1) is 16.4. The Labute approximate surface area is 134 Å². The van der Waals surface area contributed by atoms with Gasteiger partial charge in [-0.1, -0.05) is 24.3 Å². The van der Waals surface area contributed by atoms with Gasteiger partial charge in [0.2, 0.25) is 11.8 Å². The lowest BCUT2D eigenvalue weighted by atomic mass is 10.1. The van der Waals surface area contributed by atoms with Crippen LogP contribution in [0.3, 0.4) is 0 Å². The molecule has 1 aromatic heterocycles. The minimum Gasteiger partial charge on any atom is -0.354 e. The average molecular weight is 319 g/mol. The van der Waals surface area contributed by atoms with E-state index >= 15 is 0 Å². The third-order valence-electron chi connectivity index (χ3n) is 2.99. The zero-order valence-electron chi connectivity index (χ0n) is 13.1. The van der Waals surface area contributed by atoms with Crippen LogP contribution in [0, 0.1) is 0 Å². The van der Waals surface area contributed by atoms with Crippen molar-refractivity contribution in [2.24, 2.45) is 0 Å². The number of benzene rings is 1. The maximum absolute atomic E-state index is 11.8. The normalized spacial score (nSPS) is 10.9. The minimum atomic E-state index is -0.0157. The molecule has 2 N–H and O–H groups in total. The van der Waals surface area contributed by atoms with Crippen LogP contribution in [-0.2, 0) is 16.0 Å². The first-order chi connectivity index (χ1) is 10.5. The zero-order valence-corrected chi connectivity index (χ0v) is 13.9. The summed E-state index contributed by atoms with van der Waals surface area (Å²) in [6, 6.07) is 5.89. The molecule has 2 amide bonds. The van der Waals surface area contributed by atoms with Gasteiger partial charge in [0.25, 0.3) is 0 Å². The fourth-order valence-corrected chi connectivity index (χ4v) is 3.05. The number of anilines is 1. The van der Waals surface area contributed by atoms with E-state index in [4.69, 9.17) is 0 Å². The van der Waals surface area contributed by atoms with Gasteiger partial charge in [-0.05, 0) is 38.0 Å². The van der Waals surface area contributed by atoms with Gasteiger partial charge in [-0.2, -0.15) is 0 Å². The highest BCUT2D eigenvalue weighted by Crippen LogP contribution is 2.27. The first-order valence-electron chi connectivity index (χ1n) is 7.46. The van der Waals surface area contributed by atoms with Gasteiger partial charge in [-0.15, -0.1) is 0 Å². The molecule has 2 rings (SSSR count). The van der Waals surface area contributed by atoms with Crippen LogP contribution < -0.4 is 10.6 Å². The van der Waals surface area contributed by atoms with E-state index in [2.05, 4.69) is 15.6 Å². The van der Waals surface area contributed by atoms with Gasteiger partial charge >= 0.3 is 0 Å². The number of aromatic nitrogens is 1. The molecule has 0 unspecified atom stereocenters. The number of rotatable bonds is 6. The van der Waals surface area contributed by atoms with Gasteiger partial charge in [-0.25, -0.2) is 4.98 Å². The zero-order chi connectivity index (χ0) is 16.1. The van der Waals surface area contributed by atoms with E-state index in [1.165, 1.54) is 11.3 Å². The average Bonchev–Trinajstić information content (AvgIpc) is 2.79. The summed E-state index contributed by atoms with van der Waals surface area (Å²) < 4.78 is 0.974. The lowest BCUT2D eigenvalue weighted by Crippen LogP contribution is -2.31. The van der Waals surface area contributed by atoms with E-state index in [-0.39, 0.29) is 17.9 Å². The highest BCUT2D eigenvalue weighted by Gasteiger charge is 2.10. The van der Waals surface area contributed by atoms with Crippen LogP contribution >= 0.6 is 11.3 Å². The van der Waals surface area contributed by atoms with Crippen molar-refractivity contribution in [2.75, 3.05) is 5.32 Å². The molecule has 2 aromatic rings. The van der Waals surface area contributed by atoms with Crippen LogP contribution in [-0.4, -0.2) is 22.8 Å². The highest BCUT2D eigenvalue weighted by molar-refractivity contribution is 7.22. The Morgan fingerprint density at radius 3 is 2.73 bits per heavy atom. The van der Waals surface area contributed by atoms with Crippen LogP contribution in [0.15, 0.2) is 18.2 Å². The number of fused-ring (bicyclic) bond motifs is 1. The molecule has 0 aliphatic heterocycles. The smallest absolute Gasteiger partial charge is 0.226 e. The van der Waals surface area contributed by atoms with Crippen LogP contribution in [0.1, 0.15) is 39.2 Å². The molecule has 1 heterocycles. The SMILES string of the molecule is CCCC(=O)Nc1nc2ccc(CC(=O)NC(C)C)cc2s1. The number of nitrogens with zero attached hydrogens (tertiary/aromatic N) is 1. The largest absolute Gasteiger partial charge is 0.354 e. The van der Waals surface area contributed by atoms with E-state index in [1.54, 1.807) is 0 Å². The van der Waals surface area contributed by atoms with E-state index in [1.807, 2.05) is 39.0 Å². The number of carbonyl (C=O) groups is 2. The highest BCUT2D eigenvalue weighted by atomic mass is 32.1. The first-order valence-corrected chi connectivity index (χ1v) is 8.28. The van der Waals surface area contributed by atoms with Gasteiger partial charge in [0, 0.05) is 12.5 Å². The van der Waals surface area contributed by atoms with E-state index in [0.717, 1.165) is 22.2 Å². The summed E-state index contributed by atoms with van der Waals surface area (Å²) in [5.74, 6) is -0.00609. The molecule has 0 bridgehead atoms. The molecule has 0 atom stereocenters. The Hall–Kier alpha value is -1.95. The summed E-state index contributed by atoms with van der Waals surface area (Å²) in [4.78, 5) is 27.8. The molecule has 1 aromatic carbocycles. The maximum atomic E-state index is 11.8. The Morgan fingerprint density at radius 1 is 1.27 bits per heavy atom. The maximum Gasteiger partial charge on any atom is 0.226 e. The predicted molar refractivity (Wildman–Crippen MR) is 90.1 cm³/mol. The molecular weight excluding hydrogens is 298 g/mol. The van der Waals surface area contributed by atoms with Gasteiger partial charge in [0.05, 0.1) is 16.6 Å². The van der Waals surface area contributed by atoms with Crippen molar-refractivity contribution < 1.29 is 9.59 Å². The molecule has 6 heteroatoms. The molecule has 0 aliphatic rings. The van der Waals surface area contributed by atoms with Crippen molar-refractivity contribution in [1.82, 2.24) is 10.3 Å². The Bertz CT molecular complexity index is 679. The van der Waals surface area contributed by atoms with Crippen molar-refractivity contribution >= 4 is 38.5 Å². The van der Waals surface area contributed by atoms with E-state index in [9.17, 15) is 9.59 Å². The van der Waals surface area contributed by atoms with Crippen LogP contribution in [0.2, 0.25) is 0 Å². The molecule has 0 aliphatic carbocycles. The number of hydrogen-bond acceptors (Lipinski definition) is 4. The molecule has 0 radical (unpaired) electrons. The molecular formula is C16H21N3O2S. The minimum absolute atomic E-state index is 0.00957. The summed E-state index contributed by atoms with van der Waals surface area (Å²) in [6.45, 7) is 5.84. The molecule has 118 valence electrons. The van der Waals surface area contributed by atoms with Crippen LogP contribution in [0.25, 0.3) is 10.2 Å². The van der Waals surface area contributed by atoms with Crippen LogP contribution in [0.5, 0.6) is 0 Å². The molecule has 0 fully saturated rings. The summed E-state index contributed by atoms with van der Waals surface area (Å²) >= 11 is 1.43. The fourth-order valence-electron chi connectivity index (χ4n) is 2.10. The Balaban J connectivity index is 2.10. The molecule has 22 heavy (non-hydrogen) atoms. The molecule has 0 saturated carbocycles. The van der Waals surface area contributed by atoms with Crippen molar-refractivity contribution in [3.63, 3.8) is 0 Å².